The second-order valence-electron chi connectivity index (χ2n) is 5.29. The Bertz CT molecular complexity index is 501. The Morgan fingerprint density at radius 2 is 1.67 bits per heavy atom. The molecule has 18 heavy (non-hydrogen) atoms. The highest BCUT2D eigenvalue weighted by Gasteiger charge is 2.52. The number of hydrogen-bond acceptors (Lipinski definition) is 3. The molecule has 1 aliphatic heterocycles. The van der Waals surface area contributed by atoms with Crippen LogP contribution in [0.4, 0.5) is 11.4 Å². The van der Waals surface area contributed by atoms with Gasteiger partial charge in [0.25, 0.3) is 0 Å². The maximum atomic E-state index is 12.5. The average molecular weight is 244 g/mol. The molecule has 2 fully saturated rings. The number of nitrogens with zero attached hydrogens (tertiary/aromatic N) is 1. The van der Waals surface area contributed by atoms with Gasteiger partial charge in [0, 0.05) is 12.1 Å². The highest BCUT2D eigenvalue weighted by Crippen LogP contribution is 2.47. The Morgan fingerprint density at radius 1 is 1.06 bits per heavy atom. The van der Waals surface area contributed by atoms with Gasteiger partial charge in [0.05, 0.1) is 11.1 Å². The molecule has 0 unspecified atom stereocenters. The van der Waals surface area contributed by atoms with Gasteiger partial charge < -0.3 is 5.73 Å². The van der Waals surface area contributed by atoms with Crippen LogP contribution in [0.25, 0.3) is 0 Å². The van der Waals surface area contributed by atoms with E-state index in [1.807, 2.05) is 0 Å². The minimum atomic E-state index is -0.404. The van der Waals surface area contributed by atoms with Crippen LogP contribution < -0.4 is 10.6 Å². The summed E-state index contributed by atoms with van der Waals surface area (Å²) in [6.07, 6.45) is 4.17. The maximum Gasteiger partial charge on any atom is 0.240 e. The van der Waals surface area contributed by atoms with Crippen LogP contribution in [0.15, 0.2) is 24.3 Å². The van der Waals surface area contributed by atoms with Crippen molar-refractivity contribution in [3.05, 3.63) is 24.3 Å². The molecular weight excluding hydrogens is 228 g/mol. The van der Waals surface area contributed by atoms with Crippen molar-refractivity contribution in [3.63, 3.8) is 0 Å². The molecule has 0 atom stereocenters. The molecule has 1 aromatic rings. The summed E-state index contributed by atoms with van der Waals surface area (Å²) in [5.74, 6) is -0.0959. The van der Waals surface area contributed by atoms with Crippen LogP contribution in [0.3, 0.4) is 0 Å². The van der Waals surface area contributed by atoms with E-state index in [0.717, 1.165) is 25.7 Å². The third-order valence-electron chi connectivity index (χ3n) is 4.11. The van der Waals surface area contributed by atoms with E-state index >= 15 is 0 Å². The lowest BCUT2D eigenvalue weighted by atomic mass is 9.84. The number of carbonyl (C=O) groups excluding carboxylic acids is 2. The summed E-state index contributed by atoms with van der Waals surface area (Å²) in [5, 5.41) is 0. The molecule has 0 bridgehead atoms. The maximum absolute atomic E-state index is 12.5. The fourth-order valence-electron chi connectivity index (χ4n) is 3.12. The van der Waals surface area contributed by atoms with Crippen LogP contribution in [0, 0.1) is 5.41 Å². The molecule has 2 aliphatic rings. The van der Waals surface area contributed by atoms with E-state index in [1.54, 1.807) is 24.3 Å². The van der Waals surface area contributed by atoms with Gasteiger partial charge in [0.15, 0.2) is 0 Å². The van der Waals surface area contributed by atoms with Crippen molar-refractivity contribution < 1.29 is 9.59 Å². The molecule has 2 N–H and O–H groups in total. The van der Waals surface area contributed by atoms with E-state index in [2.05, 4.69) is 0 Å². The number of anilines is 2. The van der Waals surface area contributed by atoms with Gasteiger partial charge in [0.1, 0.15) is 0 Å². The topological polar surface area (TPSA) is 63.4 Å². The van der Waals surface area contributed by atoms with Gasteiger partial charge in [-0.1, -0.05) is 12.8 Å². The Kier molecular flexibility index (Phi) is 2.40. The quantitative estimate of drug-likeness (QED) is 0.607. The van der Waals surface area contributed by atoms with E-state index in [4.69, 9.17) is 5.73 Å². The molecule has 1 aromatic carbocycles. The number of amides is 2. The van der Waals surface area contributed by atoms with Crippen molar-refractivity contribution in [3.8, 4) is 0 Å². The molecule has 1 aliphatic carbocycles. The first-order chi connectivity index (χ1) is 8.62. The zero-order valence-corrected chi connectivity index (χ0v) is 10.2. The smallest absolute Gasteiger partial charge is 0.240 e. The molecule has 4 nitrogen and oxygen atoms in total. The normalized spacial score (nSPS) is 22.1. The highest BCUT2D eigenvalue weighted by molar-refractivity contribution is 6.22. The van der Waals surface area contributed by atoms with Crippen LogP contribution >= 0.6 is 0 Å². The third kappa shape index (κ3) is 1.52. The van der Waals surface area contributed by atoms with Crippen molar-refractivity contribution in [2.24, 2.45) is 5.41 Å². The summed E-state index contributed by atoms with van der Waals surface area (Å²) < 4.78 is 0. The zero-order valence-electron chi connectivity index (χ0n) is 10.2. The predicted octanol–water partition coefficient (Wildman–Crippen LogP) is 2.09. The number of nitrogen functional groups attached to an aromatic ring is 1. The zero-order chi connectivity index (χ0) is 12.8. The molecule has 94 valence electrons. The van der Waals surface area contributed by atoms with Crippen molar-refractivity contribution in [2.45, 2.75) is 32.1 Å². The summed E-state index contributed by atoms with van der Waals surface area (Å²) in [7, 11) is 0. The second kappa shape index (κ2) is 3.83. The second-order valence-corrected chi connectivity index (χ2v) is 5.29. The number of benzene rings is 1. The fourth-order valence-corrected chi connectivity index (χ4v) is 3.12. The van der Waals surface area contributed by atoms with Gasteiger partial charge in [-0.2, -0.15) is 0 Å². The predicted molar refractivity (Wildman–Crippen MR) is 68.9 cm³/mol. The largest absolute Gasteiger partial charge is 0.399 e. The van der Waals surface area contributed by atoms with E-state index in [9.17, 15) is 9.59 Å². The van der Waals surface area contributed by atoms with E-state index in [1.165, 1.54) is 4.90 Å². The first kappa shape index (κ1) is 11.3. The minimum absolute atomic E-state index is 0.0187. The van der Waals surface area contributed by atoms with Crippen LogP contribution in [0.5, 0.6) is 0 Å². The van der Waals surface area contributed by atoms with Gasteiger partial charge in [-0.25, -0.2) is 0 Å². The third-order valence-corrected chi connectivity index (χ3v) is 4.11. The van der Waals surface area contributed by atoms with Gasteiger partial charge in [-0.3, -0.25) is 14.5 Å². The van der Waals surface area contributed by atoms with Crippen LogP contribution in [0.1, 0.15) is 32.1 Å². The molecule has 0 aromatic heterocycles. The van der Waals surface area contributed by atoms with E-state index in [0.29, 0.717) is 17.8 Å². The van der Waals surface area contributed by atoms with Crippen molar-refractivity contribution >= 4 is 23.2 Å². The molecule has 2 amide bonds. The van der Waals surface area contributed by atoms with E-state index < -0.39 is 5.41 Å². The summed E-state index contributed by atoms with van der Waals surface area (Å²) in [5.41, 5.74) is 6.49. The monoisotopic (exact) mass is 244 g/mol. The fraction of sp³-hybridized carbons (Fsp3) is 0.429. The molecule has 0 radical (unpaired) electrons. The molecule has 3 rings (SSSR count). The molecular formula is C14H16N2O2. The van der Waals surface area contributed by atoms with Crippen LogP contribution in [0.2, 0.25) is 0 Å². The Balaban J connectivity index is 1.95. The van der Waals surface area contributed by atoms with Crippen LogP contribution in [-0.4, -0.2) is 11.8 Å². The lowest BCUT2D eigenvalue weighted by Gasteiger charge is -2.20. The van der Waals surface area contributed by atoms with Gasteiger partial charge >= 0.3 is 0 Å². The number of hydrogen-bond donors (Lipinski definition) is 1. The molecule has 1 spiro atoms. The minimum Gasteiger partial charge on any atom is -0.399 e. The van der Waals surface area contributed by atoms with E-state index in [-0.39, 0.29) is 11.8 Å². The summed E-state index contributed by atoms with van der Waals surface area (Å²) in [6.45, 7) is 0. The lowest BCUT2D eigenvalue weighted by Crippen LogP contribution is -2.34. The Hall–Kier alpha value is -1.84. The number of nitrogens with two attached hydrogens (primary N) is 1. The van der Waals surface area contributed by atoms with Gasteiger partial charge in [-0.05, 0) is 37.1 Å². The van der Waals surface area contributed by atoms with Crippen molar-refractivity contribution in [1.29, 1.82) is 0 Å². The number of imide groups is 1. The van der Waals surface area contributed by atoms with Crippen molar-refractivity contribution in [1.82, 2.24) is 0 Å². The summed E-state index contributed by atoms with van der Waals surface area (Å²) in [6, 6.07) is 6.91. The summed E-state index contributed by atoms with van der Waals surface area (Å²) in [4.78, 5) is 25.9. The highest BCUT2D eigenvalue weighted by atomic mass is 16.2. The molecule has 1 saturated carbocycles. The summed E-state index contributed by atoms with van der Waals surface area (Å²) >= 11 is 0. The van der Waals surface area contributed by atoms with Crippen LogP contribution in [-0.2, 0) is 9.59 Å². The molecule has 4 heteroatoms. The van der Waals surface area contributed by atoms with Gasteiger partial charge in [-0.15, -0.1) is 0 Å². The first-order valence-electron chi connectivity index (χ1n) is 6.35. The SMILES string of the molecule is Nc1ccc(N2C(=O)CC3(CCCC3)C2=O)cc1. The standard InChI is InChI=1S/C14H16N2O2/c15-10-3-5-11(6-4-10)16-12(17)9-14(13(16)18)7-1-2-8-14/h3-6H,1-2,7-9,15H2. The number of carbonyl (C=O) groups is 2. The average Bonchev–Trinajstić information content (AvgIpc) is 2.89. The first-order valence-corrected chi connectivity index (χ1v) is 6.35. The Morgan fingerprint density at radius 3 is 2.28 bits per heavy atom. The molecule has 1 saturated heterocycles. The Labute approximate surface area is 106 Å². The van der Waals surface area contributed by atoms with Crippen molar-refractivity contribution in [2.75, 3.05) is 10.6 Å². The molecule has 1 heterocycles. The number of rotatable bonds is 1. The van der Waals surface area contributed by atoms with Gasteiger partial charge in [0.2, 0.25) is 11.8 Å². The lowest BCUT2D eigenvalue weighted by molar-refractivity contribution is -0.125.